The predicted octanol–water partition coefficient (Wildman–Crippen LogP) is -0.366. The van der Waals surface area contributed by atoms with Gasteiger partial charge in [-0.25, -0.2) is 13.1 Å². The van der Waals surface area contributed by atoms with Gasteiger partial charge < -0.3 is 10.2 Å². The smallest absolute Gasteiger partial charge is 0.322 e. The summed E-state index contributed by atoms with van der Waals surface area (Å²) >= 11 is 0. The number of aliphatic carboxylic acids is 2. The maximum absolute atomic E-state index is 11.3. The summed E-state index contributed by atoms with van der Waals surface area (Å²) in [7, 11) is -3.73. The summed E-state index contributed by atoms with van der Waals surface area (Å²) in [5, 5.41) is 17.0. The van der Waals surface area contributed by atoms with E-state index >= 15 is 0 Å². The van der Waals surface area contributed by atoms with E-state index in [1.807, 2.05) is 4.72 Å². The molecule has 94 valence electrons. The zero-order valence-electron chi connectivity index (χ0n) is 8.84. The SMILES string of the molecule is CCCCS(=O)(=O)N[C@H](CC(=O)O)C(=O)O. The van der Waals surface area contributed by atoms with Gasteiger partial charge in [0.1, 0.15) is 6.04 Å². The van der Waals surface area contributed by atoms with E-state index in [2.05, 4.69) is 0 Å². The van der Waals surface area contributed by atoms with Crippen molar-refractivity contribution >= 4 is 22.0 Å². The van der Waals surface area contributed by atoms with E-state index in [-0.39, 0.29) is 5.75 Å². The average Bonchev–Trinajstić information content (AvgIpc) is 2.12. The number of carbonyl (C=O) groups is 2. The van der Waals surface area contributed by atoms with Crippen LogP contribution >= 0.6 is 0 Å². The molecule has 0 aliphatic rings. The van der Waals surface area contributed by atoms with Gasteiger partial charge in [-0.05, 0) is 6.42 Å². The van der Waals surface area contributed by atoms with Crippen molar-refractivity contribution in [2.75, 3.05) is 5.75 Å². The van der Waals surface area contributed by atoms with E-state index in [4.69, 9.17) is 10.2 Å². The van der Waals surface area contributed by atoms with E-state index in [9.17, 15) is 18.0 Å². The summed E-state index contributed by atoms with van der Waals surface area (Å²) in [4.78, 5) is 20.9. The number of carboxylic acids is 2. The Labute approximate surface area is 93.5 Å². The Morgan fingerprint density at radius 3 is 2.25 bits per heavy atom. The second-order valence-electron chi connectivity index (χ2n) is 3.28. The number of hydrogen-bond acceptors (Lipinski definition) is 4. The third-order valence-electron chi connectivity index (χ3n) is 1.77. The van der Waals surface area contributed by atoms with Gasteiger partial charge in [0, 0.05) is 0 Å². The molecule has 0 saturated heterocycles. The van der Waals surface area contributed by atoms with Gasteiger partial charge in [-0.3, -0.25) is 9.59 Å². The molecule has 0 rings (SSSR count). The van der Waals surface area contributed by atoms with Crippen LogP contribution in [0.3, 0.4) is 0 Å². The van der Waals surface area contributed by atoms with E-state index < -0.39 is 34.4 Å². The largest absolute Gasteiger partial charge is 0.481 e. The van der Waals surface area contributed by atoms with E-state index in [1.54, 1.807) is 6.92 Å². The zero-order valence-corrected chi connectivity index (χ0v) is 9.66. The minimum atomic E-state index is -3.73. The minimum Gasteiger partial charge on any atom is -0.481 e. The predicted molar refractivity (Wildman–Crippen MR) is 55.5 cm³/mol. The molecular formula is C8H15NO6S. The molecule has 3 N–H and O–H groups in total. The molecule has 0 heterocycles. The van der Waals surface area contributed by atoms with E-state index in [0.717, 1.165) is 0 Å². The molecule has 0 aromatic rings. The first-order valence-corrected chi connectivity index (χ1v) is 6.38. The number of unbranched alkanes of at least 4 members (excludes halogenated alkanes) is 1. The summed E-state index contributed by atoms with van der Waals surface area (Å²) in [5.74, 6) is -3.07. The number of rotatable bonds is 8. The number of carboxylic acid groups (broad SMARTS) is 2. The molecule has 0 aromatic carbocycles. The number of hydrogen-bond donors (Lipinski definition) is 3. The molecule has 0 radical (unpaired) electrons. The number of sulfonamides is 1. The van der Waals surface area contributed by atoms with Gasteiger partial charge in [0.15, 0.2) is 0 Å². The molecule has 0 unspecified atom stereocenters. The van der Waals surface area contributed by atoms with Crippen LogP contribution in [-0.4, -0.2) is 42.4 Å². The maximum atomic E-state index is 11.3. The Morgan fingerprint density at radius 2 is 1.88 bits per heavy atom. The van der Waals surface area contributed by atoms with Gasteiger partial charge in [-0.15, -0.1) is 0 Å². The highest BCUT2D eigenvalue weighted by Crippen LogP contribution is 1.99. The van der Waals surface area contributed by atoms with Gasteiger partial charge in [0.25, 0.3) is 0 Å². The monoisotopic (exact) mass is 253 g/mol. The van der Waals surface area contributed by atoms with Crippen LogP contribution in [0.15, 0.2) is 0 Å². The van der Waals surface area contributed by atoms with Crippen molar-refractivity contribution in [3.8, 4) is 0 Å². The van der Waals surface area contributed by atoms with Gasteiger partial charge in [0.2, 0.25) is 10.0 Å². The van der Waals surface area contributed by atoms with Crippen molar-refractivity contribution in [3.05, 3.63) is 0 Å². The molecule has 0 spiro atoms. The maximum Gasteiger partial charge on any atom is 0.322 e. The quantitative estimate of drug-likeness (QED) is 0.543. The van der Waals surface area contributed by atoms with Crippen molar-refractivity contribution in [3.63, 3.8) is 0 Å². The van der Waals surface area contributed by atoms with Gasteiger partial charge in [-0.2, -0.15) is 0 Å². The summed E-state index contributed by atoms with van der Waals surface area (Å²) < 4.78 is 24.5. The van der Waals surface area contributed by atoms with Gasteiger partial charge in [0.05, 0.1) is 12.2 Å². The minimum absolute atomic E-state index is 0.201. The Bertz CT molecular complexity index is 350. The lowest BCUT2D eigenvalue weighted by Gasteiger charge is -2.12. The lowest BCUT2D eigenvalue weighted by Crippen LogP contribution is -2.43. The normalized spacial score (nSPS) is 13.3. The molecule has 0 amide bonds. The molecule has 8 heteroatoms. The van der Waals surface area contributed by atoms with Crippen LogP contribution in [0.1, 0.15) is 26.2 Å². The average molecular weight is 253 g/mol. The van der Waals surface area contributed by atoms with E-state index in [0.29, 0.717) is 12.8 Å². The standard InChI is InChI=1S/C8H15NO6S/c1-2-3-4-16(14,15)9-6(8(12)13)5-7(10)11/h6,9H,2-5H2,1H3,(H,10,11)(H,12,13)/t6-/m1/s1. The Balaban J connectivity index is 4.50. The summed E-state index contributed by atoms with van der Waals surface area (Å²) in [6.07, 6.45) is 0.271. The third-order valence-corrected chi connectivity index (χ3v) is 3.24. The molecule has 0 aromatic heterocycles. The summed E-state index contributed by atoms with van der Waals surface area (Å²) in [5.41, 5.74) is 0. The lowest BCUT2D eigenvalue weighted by atomic mass is 10.2. The molecule has 0 saturated carbocycles. The molecule has 1 atom stereocenters. The third kappa shape index (κ3) is 6.36. The first kappa shape index (κ1) is 14.8. The van der Waals surface area contributed by atoms with Crippen LogP contribution < -0.4 is 4.72 Å². The van der Waals surface area contributed by atoms with Crippen molar-refractivity contribution in [2.24, 2.45) is 0 Å². The van der Waals surface area contributed by atoms with Gasteiger partial charge in [-0.1, -0.05) is 13.3 Å². The van der Waals surface area contributed by atoms with Crippen LogP contribution in [0.25, 0.3) is 0 Å². The first-order chi connectivity index (χ1) is 7.28. The fraction of sp³-hybridized carbons (Fsp3) is 0.750. The van der Waals surface area contributed by atoms with Crippen LogP contribution in [-0.2, 0) is 19.6 Å². The Hall–Kier alpha value is -1.15. The van der Waals surface area contributed by atoms with Crippen molar-refractivity contribution < 1.29 is 28.2 Å². The van der Waals surface area contributed by atoms with Crippen LogP contribution in [0.2, 0.25) is 0 Å². The highest BCUT2D eigenvalue weighted by molar-refractivity contribution is 7.89. The molecular weight excluding hydrogens is 238 g/mol. The van der Waals surface area contributed by atoms with Crippen LogP contribution in [0.4, 0.5) is 0 Å². The molecule has 0 aliphatic carbocycles. The summed E-state index contributed by atoms with van der Waals surface area (Å²) in [6.45, 7) is 1.79. The van der Waals surface area contributed by atoms with Crippen molar-refractivity contribution in [2.45, 2.75) is 32.2 Å². The van der Waals surface area contributed by atoms with Crippen LogP contribution in [0, 0.1) is 0 Å². The second-order valence-corrected chi connectivity index (χ2v) is 5.15. The van der Waals surface area contributed by atoms with Gasteiger partial charge >= 0.3 is 11.9 Å². The van der Waals surface area contributed by atoms with E-state index in [1.165, 1.54) is 0 Å². The second kappa shape index (κ2) is 6.44. The number of nitrogens with one attached hydrogen (secondary N) is 1. The molecule has 0 fully saturated rings. The topological polar surface area (TPSA) is 121 Å². The van der Waals surface area contributed by atoms with Crippen molar-refractivity contribution in [1.82, 2.24) is 4.72 Å². The van der Waals surface area contributed by atoms with Crippen molar-refractivity contribution in [1.29, 1.82) is 0 Å². The molecule has 0 aliphatic heterocycles. The Morgan fingerprint density at radius 1 is 1.31 bits per heavy atom. The lowest BCUT2D eigenvalue weighted by molar-refractivity contribution is -0.145. The summed E-state index contributed by atoms with van der Waals surface area (Å²) in [6, 6.07) is -1.61. The zero-order chi connectivity index (χ0) is 12.8. The highest BCUT2D eigenvalue weighted by atomic mass is 32.2. The molecule has 0 bridgehead atoms. The van der Waals surface area contributed by atoms with Crippen LogP contribution in [0.5, 0.6) is 0 Å². The molecule has 16 heavy (non-hydrogen) atoms. The molecule has 7 nitrogen and oxygen atoms in total. The Kier molecular flexibility index (Phi) is 5.97. The fourth-order valence-corrected chi connectivity index (χ4v) is 2.37. The highest BCUT2D eigenvalue weighted by Gasteiger charge is 2.25. The fourth-order valence-electron chi connectivity index (χ4n) is 0.964. The first-order valence-electron chi connectivity index (χ1n) is 4.73.